The van der Waals surface area contributed by atoms with Crippen LogP contribution >= 0.6 is 6.85 Å². The van der Waals surface area contributed by atoms with Gasteiger partial charge < -0.3 is 4.74 Å². The standard InChI is InChI=1S/C7H17N2OPS/c1-6-7(2,10-5)11(12)9(4)8-3/h11H,3,6H2,1-2,4-5H3. The van der Waals surface area contributed by atoms with Crippen molar-refractivity contribution in [2.24, 2.45) is 5.10 Å². The van der Waals surface area contributed by atoms with Gasteiger partial charge in [0.1, 0.15) is 5.34 Å². The van der Waals surface area contributed by atoms with Crippen LogP contribution in [0.25, 0.3) is 0 Å². The Morgan fingerprint density at radius 2 is 2.25 bits per heavy atom. The molecule has 0 rings (SSSR count). The third-order valence-electron chi connectivity index (χ3n) is 2.08. The molecule has 2 atom stereocenters. The fraction of sp³-hybridized carbons (Fsp3) is 0.857. The topological polar surface area (TPSA) is 24.8 Å². The highest BCUT2D eigenvalue weighted by Crippen LogP contribution is 2.44. The number of rotatable bonds is 5. The Labute approximate surface area is 80.3 Å². The molecule has 0 aromatic rings. The molecule has 0 radical (unpaired) electrons. The zero-order valence-corrected chi connectivity index (χ0v) is 9.94. The molecule has 2 unspecified atom stereocenters. The molecule has 0 spiro atoms. The summed E-state index contributed by atoms with van der Waals surface area (Å²) in [5.41, 5.74) is 0. The van der Waals surface area contributed by atoms with Gasteiger partial charge in [0.25, 0.3) is 0 Å². The van der Waals surface area contributed by atoms with Crippen LogP contribution in [0.4, 0.5) is 0 Å². The SMILES string of the molecule is C=NN(C)[PH](=S)C(C)(CC)OC. The summed E-state index contributed by atoms with van der Waals surface area (Å²) in [5.74, 6) is 0. The maximum absolute atomic E-state index is 5.38. The largest absolute Gasteiger partial charge is 0.372 e. The average molecular weight is 208 g/mol. The van der Waals surface area contributed by atoms with Gasteiger partial charge in [-0.3, -0.25) is 4.78 Å². The van der Waals surface area contributed by atoms with E-state index >= 15 is 0 Å². The first-order valence-corrected chi connectivity index (χ1v) is 6.39. The molecule has 0 N–H and O–H groups in total. The van der Waals surface area contributed by atoms with Crippen LogP contribution in [0.15, 0.2) is 5.10 Å². The molecule has 72 valence electrons. The van der Waals surface area contributed by atoms with E-state index in [4.69, 9.17) is 16.5 Å². The first-order chi connectivity index (χ1) is 5.51. The number of hydrazone groups is 1. The molecule has 0 saturated carbocycles. The van der Waals surface area contributed by atoms with Crippen LogP contribution in [0.2, 0.25) is 0 Å². The zero-order chi connectivity index (χ0) is 9.78. The quantitative estimate of drug-likeness (QED) is 0.392. The van der Waals surface area contributed by atoms with Gasteiger partial charge in [-0.15, -0.1) is 0 Å². The molecule has 0 aromatic heterocycles. The van der Waals surface area contributed by atoms with Gasteiger partial charge in [-0.25, -0.2) is 0 Å². The van der Waals surface area contributed by atoms with Crippen molar-refractivity contribution in [3.63, 3.8) is 0 Å². The Bertz CT molecular complexity index is 182. The number of nitrogens with zero attached hydrogens (tertiary/aromatic N) is 2. The molecule has 3 nitrogen and oxygen atoms in total. The van der Waals surface area contributed by atoms with Crippen molar-refractivity contribution in [1.82, 2.24) is 4.78 Å². The second kappa shape index (κ2) is 4.95. The highest BCUT2D eigenvalue weighted by atomic mass is 32.4. The van der Waals surface area contributed by atoms with Crippen LogP contribution in [-0.4, -0.2) is 31.0 Å². The summed E-state index contributed by atoms with van der Waals surface area (Å²) in [4.78, 5) is 0. The molecular weight excluding hydrogens is 191 g/mol. The Balaban J connectivity index is 4.52. The van der Waals surface area contributed by atoms with Gasteiger partial charge in [-0.1, -0.05) is 18.7 Å². The van der Waals surface area contributed by atoms with E-state index in [0.29, 0.717) is 0 Å². The molecule has 0 aliphatic carbocycles. The summed E-state index contributed by atoms with van der Waals surface area (Å²) in [5, 5.41) is 3.57. The molecule has 0 aliphatic rings. The number of hydrogen-bond donors (Lipinski definition) is 0. The summed E-state index contributed by atoms with van der Waals surface area (Å²) in [6.07, 6.45) is 0.904. The van der Waals surface area contributed by atoms with Gasteiger partial charge in [0.05, 0.1) is 6.85 Å². The van der Waals surface area contributed by atoms with E-state index in [1.165, 1.54) is 0 Å². The Morgan fingerprint density at radius 1 is 1.75 bits per heavy atom. The van der Waals surface area contributed by atoms with Gasteiger partial charge in [0.2, 0.25) is 0 Å². The maximum atomic E-state index is 5.38. The Morgan fingerprint density at radius 3 is 2.50 bits per heavy atom. The highest BCUT2D eigenvalue weighted by Gasteiger charge is 2.27. The number of ether oxygens (including phenoxy) is 1. The predicted octanol–water partition coefficient (Wildman–Crippen LogP) is 1.90. The predicted molar refractivity (Wildman–Crippen MR) is 58.7 cm³/mol. The molecule has 12 heavy (non-hydrogen) atoms. The van der Waals surface area contributed by atoms with Gasteiger partial charge in [0, 0.05) is 20.9 Å². The molecule has 5 heteroatoms. The zero-order valence-electron chi connectivity index (χ0n) is 8.13. The molecular formula is C7H17N2OPS. The van der Waals surface area contributed by atoms with Crippen molar-refractivity contribution in [2.45, 2.75) is 25.6 Å². The minimum Gasteiger partial charge on any atom is -0.372 e. The lowest BCUT2D eigenvalue weighted by molar-refractivity contribution is 0.0764. The van der Waals surface area contributed by atoms with Crippen molar-refractivity contribution in [3.05, 3.63) is 0 Å². The van der Waals surface area contributed by atoms with Crippen LogP contribution in [0.5, 0.6) is 0 Å². The van der Waals surface area contributed by atoms with Gasteiger partial charge in [-0.05, 0) is 13.3 Å². The lowest BCUT2D eigenvalue weighted by Crippen LogP contribution is -2.25. The fourth-order valence-corrected chi connectivity index (χ4v) is 2.94. The molecule has 0 aliphatic heterocycles. The molecule has 0 fully saturated rings. The molecule has 0 amide bonds. The second-order valence-corrected chi connectivity index (χ2v) is 6.23. The van der Waals surface area contributed by atoms with Gasteiger partial charge in [0.15, 0.2) is 0 Å². The van der Waals surface area contributed by atoms with Crippen molar-refractivity contribution in [3.8, 4) is 0 Å². The van der Waals surface area contributed by atoms with Crippen LogP contribution in [0.3, 0.4) is 0 Å². The third-order valence-corrected chi connectivity index (χ3v) is 6.36. The smallest absolute Gasteiger partial charge is 0.109 e. The third kappa shape index (κ3) is 2.54. The fourth-order valence-electron chi connectivity index (χ4n) is 0.789. The minimum atomic E-state index is -1.19. The summed E-state index contributed by atoms with van der Waals surface area (Å²) in [6, 6.07) is 0. The van der Waals surface area contributed by atoms with Crippen LogP contribution in [-0.2, 0) is 16.5 Å². The van der Waals surface area contributed by atoms with E-state index in [1.54, 1.807) is 11.9 Å². The van der Waals surface area contributed by atoms with E-state index < -0.39 is 6.85 Å². The van der Waals surface area contributed by atoms with Crippen molar-refractivity contribution < 1.29 is 4.74 Å². The van der Waals surface area contributed by atoms with Crippen LogP contribution in [0.1, 0.15) is 20.3 Å². The lowest BCUT2D eigenvalue weighted by Gasteiger charge is -2.32. The van der Waals surface area contributed by atoms with Crippen LogP contribution in [0, 0.1) is 0 Å². The first kappa shape index (κ1) is 12.1. The molecule has 0 aromatic carbocycles. The van der Waals surface area contributed by atoms with Crippen molar-refractivity contribution in [1.29, 1.82) is 0 Å². The van der Waals surface area contributed by atoms with E-state index in [9.17, 15) is 0 Å². The Hall–Kier alpha value is 0.0800. The Kier molecular flexibility index (Phi) is 4.98. The summed E-state index contributed by atoms with van der Waals surface area (Å²) >= 11 is 5.36. The van der Waals surface area contributed by atoms with Crippen molar-refractivity contribution >= 4 is 25.4 Å². The van der Waals surface area contributed by atoms with E-state index in [2.05, 4.69) is 18.7 Å². The number of methoxy groups -OCH3 is 1. The average Bonchev–Trinajstić information content (AvgIpc) is 2.14. The van der Waals surface area contributed by atoms with Gasteiger partial charge in [-0.2, -0.15) is 5.10 Å². The van der Waals surface area contributed by atoms with Crippen molar-refractivity contribution in [2.75, 3.05) is 14.2 Å². The van der Waals surface area contributed by atoms with Gasteiger partial charge >= 0.3 is 0 Å². The highest BCUT2D eigenvalue weighted by molar-refractivity contribution is 8.04. The maximum Gasteiger partial charge on any atom is 0.109 e. The normalized spacial score (nSPS) is 18.0. The summed E-state index contributed by atoms with van der Waals surface area (Å²) in [7, 11) is 3.54. The summed E-state index contributed by atoms with van der Waals surface area (Å²) in [6.45, 7) is 6.34. The number of hydrogen-bond acceptors (Lipinski definition) is 3. The van der Waals surface area contributed by atoms with E-state index in [-0.39, 0.29) is 5.34 Å². The lowest BCUT2D eigenvalue weighted by atomic mass is 10.3. The molecule has 0 bridgehead atoms. The molecule has 0 heterocycles. The molecule has 0 saturated heterocycles. The minimum absolute atomic E-state index is 0.226. The van der Waals surface area contributed by atoms with Crippen LogP contribution < -0.4 is 0 Å². The van der Waals surface area contributed by atoms with E-state index in [0.717, 1.165) is 6.42 Å². The van der Waals surface area contributed by atoms with E-state index in [1.807, 2.05) is 14.0 Å². The summed E-state index contributed by atoms with van der Waals surface area (Å²) < 4.78 is 7.13. The monoisotopic (exact) mass is 208 g/mol. The first-order valence-electron chi connectivity index (χ1n) is 3.81. The second-order valence-electron chi connectivity index (χ2n) is 2.76.